The van der Waals surface area contributed by atoms with E-state index in [9.17, 15) is 4.79 Å². The summed E-state index contributed by atoms with van der Waals surface area (Å²) >= 11 is 0. The van der Waals surface area contributed by atoms with Crippen LogP contribution in [0.2, 0.25) is 0 Å². The third-order valence-electron chi connectivity index (χ3n) is 5.85. The standard InChI is InChI=1S/C22H21N3O/c1-15-13-20(23-18-9-4-2-7-16(15)18)25-12-6-11-22(14-25)17-8-3-5-10-19(17)24-21(22)26/h2-5,7-10,13H,6,11-12,14H2,1H3,(H,24,26)/t22-/m0/s1. The highest BCUT2D eigenvalue weighted by atomic mass is 16.2. The summed E-state index contributed by atoms with van der Waals surface area (Å²) in [5, 5.41) is 4.27. The van der Waals surface area contributed by atoms with Gasteiger partial charge in [-0.25, -0.2) is 4.98 Å². The van der Waals surface area contributed by atoms with Crippen molar-refractivity contribution in [1.82, 2.24) is 4.98 Å². The number of benzene rings is 2. The van der Waals surface area contributed by atoms with E-state index in [1.807, 2.05) is 30.3 Å². The van der Waals surface area contributed by atoms with Gasteiger partial charge in [0.15, 0.2) is 0 Å². The smallest absolute Gasteiger partial charge is 0.236 e. The minimum Gasteiger partial charge on any atom is -0.355 e. The van der Waals surface area contributed by atoms with Crippen molar-refractivity contribution in [1.29, 1.82) is 0 Å². The summed E-state index contributed by atoms with van der Waals surface area (Å²) < 4.78 is 0. The molecule has 4 heteroatoms. The van der Waals surface area contributed by atoms with E-state index in [1.165, 1.54) is 10.9 Å². The molecule has 0 bridgehead atoms. The summed E-state index contributed by atoms with van der Waals surface area (Å²) in [5.74, 6) is 1.10. The van der Waals surface area contributed by atoms with Crippen molar-refractivity contribution in [2.24, 2.45) is 0 Å². The summed E-state index contributed by atoms with van der Waals surface area (Å²) in [6, 6.07) is 18.5. The van der Waals surface area contributed by atoms with E-state index >= 15 is 0 Å². The fraction of sp³-hybridized carbons (Fsp3) is 0.273. The highest BCUT2D eigenvalue weighted by molar-refractivity contribution is 6.06. The predicted molar refractivity (Wildman–Crippen MR) is 105 cm³/mol. The van der Waals surface area contributed by atoms with Crippen molar-refractivity contribution in [3.63, 3.8) is 0 Å². The molecule has 130 valence electrons. The second-order valence-corrected chi connectivity index (χ2v) is 7.42. The lowest BCUT2D eigenvalue weighted by Gasteiger charge is -2.39. The molecule has 0 saturated carbocycles. The molecule has 1 spiro atoms. The Morgan fingerprint density at radius 3 is 2.85 bits per heavy atom. The Kier molecular flexibility index (Phi) is 3.29. The predicted octanol–water partition coefficient (Wildman–Crippen LogP) is 4.03. The number of para-hydroxylation sites is 2. The first-order valence-corrected chi connectivity index (χ1v) is 9.20. The summed E-state index contributed by atoms with van der Waals surface area (Å²) in [6.07, 6.45) is 1.87. The van der Waals surface area contributed by atoms with Gasteiger partial charge in [-0.2, -0.15) is 0 Å². The SMILES string of the molecule is Cc1cc(N2CCC[C@@]3(C2)C(=O)Nc2ccccc23)nc2ccccc12. The third kappa shape index (κ3) is 2.15. The molecule has 0 aliphatic carbocycles. The Labute approximate surface area is 152 Å². The summed E-state index contributed by atoms with van der Waals surface area (Å²) in [4.78, 5) is 20.1. The molecule has 2 aliphatic rings. The van der Waals surface area contributed by atoms with Crippen molar-refractivity contribution in [3.05, 3.63) is 65.7 Å². The average Bonchev–Trinajstić information content (AvgIpc) is 2.93. The number of aromatic nitrogens is 1. The fourth-order valence-corrected chi connectivity index (χ4v) is 4.52. The van der Waals surface area contributed by atoms with Crippen molar-refractivity contribution < 1.29 is 4.79 Å². The van der Waals surface area contributed by atoms with Gasteiger partial charge in [-0.05, 0) is 49.1 Å². The first-order chi connectivity index (χ1) is 12.7. The lowest BCUT2D eigenvalue weighted by Crippen LogP contribution is -2.50. The van der Waals surface area contributed by atoms with Crippen molar-refractivity contribution in [2.45, 2.75) is 25.2 Å². The molecule has 2 aliphatic heterocycles. The van der Waals surface area contributed by atoms with E-state index in [-0.39, 0.29) is 5.91 Å². The van der Waals surface area contributed by atoms with Crippen LogP contribution in [0.1, 0.15) is 24.0 Å². The molecular formula is C22H21N3O. The Morgan fingerprint density at radius 1 is 1.12 bits per heavy atom. The Balaban J connectivity index is 1.57. The number of amides is 1. The minimum atomic E-state index is -0.462. The maximum Gasteiger partial charge on any atom is 0.236 e. The highest BCUT2D eigenvalue weighted by Crippen LogP contribution is 2.44. The van der Waals surface area contributed by atoms with Crippen LogP contribution in [0.5, 0.6) is 0 Å². The monoisotopic (exact) mass is 343 g/mol. The number of hydrogen-bond donors (Lipinski definition) is 1. The number of aryl methyl sites for hydroxylation is 1. The molecule has 2 aromatic carbocycles. The van der Waals surface area contributed by atoms with Gasteiger partial charge in [0.1, 0.15) is 5.82 Å². The molecule has 0 radical (unpaired) electrons. The summed E-state index contributed by atoms with van der Waals surface area (Å²) in [5.41, 5.74) is 3.87. The van der Waals surface area contributed by atoms with Crippen molar-refractivity contribution >= 4 is 28.3 Å². The number of pyridine rings is 1. The van der Waals surface area contributed by atoms with E-state index in [0.29, 0.717) is 6.54 Å². The van der Waals surface area contributed by atoms with Gasteiger partial charge in [0.25, 0.3) is 0 Å². The van der Waals surface area contributed by atoms with Crippen LogP contribution in [0.15, 0.2) is 54.6 Å². The molecule has 1 saturated heterocycles. The minimum absolute atomic E-state index is 0.126. The van der Waals surface area contributed by atoms with Gasteiger partial charge in [-0.15, -0.1) is 0 Å². The number of hydrogen-bond acceptors (Lipinski definition) is 3. The van der Waals surface area contributed by atoms with Crippen LogP contribution in [0.25, 0.3) is 10.9 Å². The Morgan fingerprint density at radius 2 is 1.92 bits per heavy atom. The average molecular weight is 343 g/mol. The number of nitrogens with zero attached hydrogens (tertiary/aromatic N) is 2. The molecule has 1 fully saturated rings. The normalized spacial score (nSPS) is 21.9. The Bertz CT molecular complexity index is 1030. The molecule has 26 heavy (non-hydrogen) atoms. The summed E-state index contributed by atoms with van der Waals surface area (Å²) in [6.45, 7) is 3.74. The van der Waals surface area contributed by atoms with Crippen molar-refractivity contribution in [3.8, 4) is 0 Å². The number of nitrogens with one attached hydrogen (secondary N) is 1. The number of rotatable bonds is 1. The van der Waals surface area contributed by atoms with E-state index < -0.39 is 5.41 Å². The van der Waals surface area contributed by atoms with Gasteiger partial charge in [0.05, 0.1) is 10.9 Å². The zero-order valence-corrected chi connectivity index (χ0v) is 14.8. The van der Waals surface area contributed by atoms with Gasteiger partial charge < -0.3 is 10.2 Å². The topological polar surface area (TPSA) is 45.2 Å². The summed E-state index contributed by atoms with van der Waals surface area (Å²) in [7, 11) is 0. The fourth-order valence-electron chi connectivity index (χ4n) is 4.52. The molecule has 5 rings (SSSR count). The van der Waals surface area contributed by atoms with Gasteiger partial charge in [0.2, 0.25) is 5.91 Å². The van der Waals surface area contributed by atoms with Crippen LogP contribution in [0, 0.1) is 6.92 Å². The lowest BCUT2D eigenvalue weighted by molar-refractivity contribution is -0.121. The first kappa shape index (κ1) is 15.4. The first-order valence-electron chi connectivity index (χ1n) is 9.20. The van der Waals surface area contributed by atoms with E-state index in [2.05, 4.69) is 41.4 Å². The van der Waals surface area contributed by atoms with Crippen LogP contribution in [0.4, 0.5) is 11.5 Å². The van der Waals surface area contributed by atoms with Crippen LogP contribution < -0.4 is 10.2 Å². The third-order valence-corrected chi connectivity index (χ3v) is 5.85. The number of carbonyl (C=O) groups is 1. The molecule has 3 heterocycles. The molecular weight excluding hydrogens is 322 g/mol. The number of piperidine rings is 1. The number of anilines is 2. The van der Waals surface area contributed by atoms with Gasteiger partial charge in [-0.1, -0.05) is 36.4 Å². The van der Waals surface area contributed by atoms with Crippen LogP contribution >= 0.6 is 0 Å². The zero-order valence-electron chi connectivity index (χ0n) is 14.8. The second kappa shape index (κ2) is 5.56. The maximum absolute atomic E-state index is 12.9. The number of fused-ring (bicyclic) bond motifs is 3. The second-order valence-electron chi connectivity index (χ2n) is 7.42. The largest absolute Gasteiger partial charge is 0.355 e. The molecule has 1 amide bonds. The molecule has 1 N–H and O–H groups in total. The highest BCUT2D eigenvalue weighted by Gasteiger charge is 2.49. The molecule has 3 aromatic rings. The van der Waals surface area contributed by atoms with Gasteiger partial charge in [-0.3, -0.25) is 4.79 Å². The Hall–Kier alpha value is -2.88. The number of carbonyl (C=O) groups excluding carboxylic acids is 1. The van der Waals surface area contributed by atoms with Crippen LogP contribution in [0.3, 0.4) is 0 Å². The lowest BCUT2D eigenvalue weighted by atomic mass is 9.75. The van der Waals surface area contributed by atoms with Crippen LogP contribution in [-0.4, -0.2) is 24.0 Å². The quantitative estimate of drug-likeness (QED) is 0.725. The van der Waals surface area contributed by atoms with E-state index in [1.54, 1.807) is 0 Å². The van der Waals surface area contributed by atoms with E-state index in [4.69, 9.17) is 4.98 Å². The molecule has 4 nitrogen and oxygen atoms in total. The maximum atomic E-state index is 12.9. The van der Waals surface area contributed by atoms with Gasteiger partial charge in [0, 0.05) is 24.2 Å². The van der Waals surface area contributed by atoms with Gasteiger partial charge >= 0.3 is 0 Å². The molecule has 1 atom stereocenters. The molecule has 1 aromatic heterocycles. The zero-order chi connectivity index (χ0) is 17.7. The van der Waals surface area contributed by atoms with E-state index in [0.717, 1.165) is 42.0 Å². The molecule has 0 unspecified atom stereocenters. The van der Waals surface area contributed by atoms with Crippen LogP contribution in [-0.2, 0) is 10.2 Å². The van der Waals surface area contributed by atoms with Crippen molar-refractivity contribution in [2.75, 3.05) is 23.3 Å².